The fourth-order valence-corrected chi connectivity index (χ4v) is 1.48. The largest absolute Gasteiger partial charge is 0.352 e. The Morgan fingerprint density at radius 1 is 1.25 bits per heavy atom. The van der Waals surface area contributed by atoms with Crippen LogP contribution >= 0.6 is 12.4 Å². The maximum absolute atomic E-state index is 11.6. The number of carbonyl (C=O) groups excluding carboxylic acids is 2. The number of hydrogen-bond donors (Lipinski definition) is 4. The fourth-order valence-electron chi connectivity index (χ4n) is 1.48. The first-order valence-electron chi connectivity index (χ1n) is 6.15. The Morgan fingerprint density at radius 2 is 1.85 bits per heavy atom. The number of rotatable bonds is 6. The molecule has 1 rings (SSSR count). The lowest BCUT2D eigenvalue weighted by molar-refractivity contribution is -0.116. The summed E-state index contributed by atoms with van der Waals surface area (Å²) in [5.41, 5.74) is 12.2. The van der Waals surface area contributed by atoms with Crippen molar-refractivity contribution in [3.05, 3.63) is 29.8 Å². The predicted octanol–water partition coefficient (Wildman–Crippen LogP) is 1.34. The Bertz CT molecular complexity index is 435. The summed E-state index contributed by atoms with van der Waals surface area (Å²) in [5.74, 6) is -0.0553. The summed E-state index contributed by atoms with van der Waals surface area (Å²) >= 11 is 0. The quantitative estimate of drug-likeness (QED) is 0.636. The van der Waals surface area contributed by atoms with Crippen molar-refractivity contribution in [3.8, 4) is 0 Å². The molecular weight excluding hydrogens is 280 g/mol. The number of amides is 3. The van der Waals surface area contributed by atoms with E-state index >= 15 is 0 Å². The molecular formula is C13H21ClN4O2. The number of primary amides is 1. The Hall–Kier alpha value is -1.79. The van der Waals surface area contributed by atoms with Gasteiger partial charge in [0.25, 0.3) is 0 Å². The molecule has 0 heterocycles. The van der Waals surface area contributed by atoms with E-state index in [9.17, 15) is 9.59 Å². The van der Waals surface area contributed by atoms with Gasteiger partial charge < -0.3 is 22.1 Å². The molecule has 6 N–H and O–H groups in total. The minimum absolute atomic E-state index is 0. The van der Waals surface area contributed by atoms with Crippen molar-refractivity contribution < 1.29 is 9.59 Å². The second kappa shape index (κ2) is 9.17. The van der Waals surface area contributed by atoms with Crippen LogP contribution < -0.4 is 22.1 Å². The summed E-state index contributed by atoms with van der Waals surface area (Å²) in [7, 11) is 0. The van der Waals surface area contributed by atoms with Crippen LogP contribution in [0.4, 0.5) is 10.5 Å². The van der Waals surface area contributed by atoms with Crippen LogP contribution in [0, 0.1) is 0 Å². The number of hydrogen-bond acceptors (Lipinski definition) is 3. The number of carbonyl (C=O) groups is 2. The molecule has 0 fully saturated rings. The second-order valence-electron chi connectivity index (χ2n) is 4.48. The summed E-state index contributed by atoms with van der Waals surface area (Å²) < 4.78 is 0. The van der Waals surface area contributed by atoms with Crippen LogP contribution in [-0.4, -0.2) is 18.0 Å². The highest BCUT2D eigenvalue weighted by Crippen LogP contribution is 2.10. The summed E-state index contributed by atoms with van der Waals surface area (Å²) in [5, 5.41) is 5.28. The molecule has 1 aromatic carbocycles. The van der Waals surface area contributed by atoms with E-state index in [0.717, 1.165) is 11.3 Å². The molecule has 0 spiro atoms. The monoisotopic (exact) mass is 300 g/mol. The van der Waals surface area contributed by atoms with Gasteiger partial charge in [0.15, 0.2) is 0 Å². The van der Waals surface area contributed by atoms with E-state index in [1.807, 2.05) is 19.1 Å². The van der Waals surface area contributed by atoms with Crippen molar-refractivity contribution in [2.24, 2.45) is 11.5 Å². The van der Waals surface area contributed by atoms with Crippen molar-refractivity contribution in [3.63, 3.8) is 0 Å². The van der Waals surface area contributed by atoms with Gasteiger partial charge >= 0.3 is 6.03 Å². The van der Waals surface area contributed by atoms with Crippen LogP contribution in [0.2, 0.25) is 0 Å². The first-order chi connectivity index (χ1) is 8.97. The molecule has 6 nitrogen and oxygen atoms in total. The second-order valence-corrected chi connectivity index (χ2v) is 4.48. The lowest BCUT2D eigenvalue weighted by atomic mass is 10.1. The van der Waals surface area contributed by atoms with E-state index in [2.05, 4.69) is 10.6 Å². The molecule has 0 saturated carbocycles. The van der Waals surface area contributed by atoms with Gasteiger partial charge in [-0.1, -0.05) is 12.1 Å². The van der Waals surface area contributed by atoms with Gasteiger partial charge in [-0.2, -0.15) is 0 Å². The van der Waals surface area contributed by atoms with Gasteiger partial charge in [0.2, 0.25) is 5.91 Å². The van der Waals surface area contributed by atoms with Gasteiger partial charge in [0, 0.05) is 24.7 Å². The third-order valence-electron chi connectivity index (χ3n) is 2.53. The maximum Gasteiger partial charge on any atom is 0.312 e. The molecule has 1 atom stereocenters. The van der Waals surface area contributed by atoms with Crippen molar-refractivity contribution >= 4 is 30.0 Å². The zero-order valence-electron chi connectivity index (χ0n) is 11.4. The molecule has 3 amide bonds. The van der Waals surface area contributed by atoms with E-state index in [-0.39, 0.29) is 24.4 Å². The Morgan fingerprint density at radius 3 is 2.35 bits per heavy atom. The topological polar surface area (TPSA) is 110 Å². The Kier molecular flexibility index (Phi) is 8.35. The SMILES string of the molecule is CC(N)CCC(=O)Nc1ccc(CNC(N)=O)cc1.Cl. The molecule has 0 aliphatic heterocycles. The number of nitrogens with two attached hydrogens (primary N) is 2. The molecule has 7 heteroatoms. The highest BCUT2D eigenvalue weighted by molar-refractivity contribution is 5.90. The van der Waals surface area contributed by atoms with Crippen LogP contribution in [0.5, 0.6) is 0 Å². The predicted molar refractivity (Wildman–Crippen MR) is 81.6 cm³/mol. The van der Waals surface area contributed by atoms with E-state index in [4.69, 9.17) is 11.5 Å². The highest BCUT2D eigenvalue weighted by Gasteiger charge is 2.04. The van der Waals surface area contributed by atoms with Gasteiger partial charge in [-0.25, -0.2) is 4.79 Å². The normalized spacial score (nSPS) is 11.1. The average molecular weight is 301 g/mol. The third kappa shape index (κ3) is 7.60. The molecule has 112 valence electrons. The lowest BCUT2D eigenvalue weighted by Crippen LogP contribution is -2.28. The zero-order chi connectivity index (χ0) is 14.3. The minimum atomic E-state index is -0.562. The number of anilines is 1. The van der Waals surface area contributed by atoms with Crippen molar-refractivity contribution in [2.45, 2.75) is 32.4 Å². The average Bonchev–Trinajstić information content (AvgIpc) is 2.35. The van der Waals surface area contributed by atoms with Crippen LogP contribution in [0.3, 0.4) is 0 Å². The Labute approximate surface area is 124 Å². The van der Waals surface area contributed by atoms with Gasteiger partial charge in [0.1, 0.15) is 0 Å². The lowest BCUT2D eigenvalue weighted by Gasteiger charge is -2.08. The molecule has 0 bridgehead atoms. The molecule has 20 heavy (non-hydrogen) atoms. The number of nitrogens with one attached hydrogen (secondary N) is 2. The van der Waals surface area contributed by atoms with Crippen LogP contribution in [-0.2, 0) is 11.3 Å². The molecule has 1 unspecified atom stereocenters. The molecule has 0 aromatic heterocycles. The van der Waals surface area contributed by atoms with Crippen LogP contribution in [0.25, 0.3) is 0 Å². The number of halogens is 1. The summed E-state index contributed by atoms with van der Waals surface area (Å²) in [4.78, 5) is 22.1. The zero-order valence-corrected chi connectivity index (χ0v) is 12.2. The minimum Gasteiger partial charge on any atom is -0.352 e. The van der Waals surface area contributed by atoms with E-state index in [1.54, 1.807) is 12.1 Å². The van der Waals surface area contributed by atoms with E-state index < -0.39 is 6.03 Å². The van der Waals surface area contributed by atoms with Crippen molar-refractivity contribution in [2.75, 3.05) is 5.32 Å². The van der Waals surface area contributed by atoms with E-state index in [1.165, 1.54) is 0 Å². The molecule has 0 radical (unpaired) electrons. The summed E-state index contributed by atoms with van der Waals surface area (Å²) in [6.07, 6.45) is 1.06. The highest BCUT2D eigenvalue weighted by atomic mass is 35.5. The van der Waals surface area contributed by atoms with E-state index in [0.29, 0.717) is 19.4 Å². The Balaban J connectivity index is 0.00000361. The number of urea groups is 1. The summed E-state index contributed by atoms with van der Waals surface area (Å²) in [6, 6.07) is 6.65. The molecule has 0 aliphatic rings. The molecule has 0 saturated heterocycles. The van der Waals surface area contributed by atoms with Crippen molar-refractivity contribution in [1.82, 2.24) is 5.32 Å². The van der Waals surface area contributed by atoms with Gasteiger partial charge in [-0.3, -0.25) is 4.79 Å². The van der Waals surface area contributed by atoms with Gasteiger partial charge in [-0.05, 0) is 31.0 Å². The van der Waals surface area contributed by atoms with Crippen LogP contribution in [0.1, 0.15) is 25.3 Å². The first kappa shape index (κ1) is 18.2. The maximum atomic E-state index is 11.6. The first-order valence-corrected chi connectivity index (χ1v) is 6.15. The van der Waals surface area contributed by atoms with Gasteiger partial charge in [-0.15, -0.1) is 12.4 Å². The standard InChI is InChI=1S/C13H20N4O2.ClH/c1-9(14)2-7-12(18)17-11-5-3-10(4-6-11)8-16-13(15)19;/h3-6,9H,2,7-8,14H2,1H3,(H,17,18)(H3,15,16,19);1H. The van der Waals surface area contributed by atoms with Gasteiger partial charge in [0.05, 0.1) is 0 Å². The van der Waals surface area contributed by atoms with Crippen molar-refractivity contribution in [1.29, 1.82) is 0 Å². The fraction of sp³-hybridized carbons (Fsp3) is 0.385. The summed E-state index contributed by atoms with van der Waals surface area (Å²) in [6.45, 7) is 2.24. The molecule has 1 aromatic rings. The van der Waals surface area contributed by atoms with Crippen LogP contribution in [0.15, 0.2) is 24.3 Å². The number of benzene rings is 1. The molecule has 0 aliphatic carbocycles. The smallest absolute Gasteiger partial charge is 0.312 e. The third-order valence-corrected chi connectivity index (χ3v) is 2.53.